The van der Waals surface area contributed by atoms with Crippen molar-refractivity contribution in [2.45, 2.75) is 0 Å². The van der Waals surface area contributed by atoms with Gasteiger partial charge in [0.25, 0.3) is 0 Å². The molecule has 0 saturated carbocycles. The van der Waals surface area contributed by atoms with Crippen LogP contribution in [0.1, 0.15) is 0 Å². The molecule has 4 nitrogen and oxygen atoms in total. The highest BCUT2D eigenvalue weighted by Gasteiger charge is 2.20. The molecular formula is C55H34N2O2S. The third-order valence-electron chi connectivity index (χ3n) is 11.5. The molecule has 0 atom stereocenters. The minimum atomic E-state index is 0.598. The van der Waals surface area contributed by atoms with E-state index in [-0.39, 0.29) is 0 Å². The number of anilines is 3. The lowest BCUT2D eigenvalue weighted by Crippen LogP contribution is -2.11. The second kappa shape index (κ2) is 14.0. The van der Waals surface area contributed by atoms with Crippen molar-refractivity contribution in [3.05, 3.63) is 206 Å². The quantitative estimate of drug-likeness (QED) is 0.161. The molecule has 12 rings (SSSR count). The van der Waals surface area contributed by atoms with Crippen molar-refractivity contribution in [2.75, 3.05) is 4.90 Å². The molecule has 60 heavy (non-hydrogen) atoms. The van der Waals surface area contributed by atoms with Crippen LogP contribution in [-0.2, 0) is 0 Å². The van der Waals surface area contributed by atoms with Crippen LogP contribution >= 0.6 is 11.3 Å². The van der Waals surface area contributed by atoms with Crippen LogP contribution in [0.15, 0.2) is 215 Å². The highest BCUT2D eigenvalue weighted by atomic mass is 32.1. The van der Waals surface area contributed by atoms with Crippen LogP contribution in [0.25, 0.3) is 98.0 Å². The molecule has 0 spiro atoms. The lowest BCUT2D eigenvalue weighted by Gasteiger charge is -2.28. The first-order valence-electron chi connectivity index (χ1n) is 20.1. The molecular weight excluding hydrogens is 753 g/mol. The van der Waals surface area contributed by atoms with E-state index in [1.807, 2.05) is 53.8 Å². The molecule has 282 valence electrons. The Hall–Kier alpha value is -7.73. The predicted octanol–water partition coefficient (Wildman–Crippen LogP) is 16.2. The monoisotopic (exact) mass is 786 g/mol. The van der Waals surface area contributed by atoms with Crippen molar-refractivity contribution < 1.29 is 8.83 Å². The number of oxazole rings is 1. The minimum absolute atomic E-state index is 0.598. The zero-order valence-electron chi connectivity index (χ0n) is 32.2. The van der Waals surface area contributed by atoms with Crippen molar-refractivity contribution in [2.24, 2.45) is 0 Å². The zero-order valence-corrected chi connectivity index (χ0v) is 33.1. The van der Waals surface area contributed by atoms with Crippen LogP contribution in [0.3, 0.4) is 0 Å². The molecule has 0 aliphatic carbocycles. The molecule has 0 fully saturated rings. The second-order valence-electron chi connectivity index (χ2n) is 15.1. The molecule has 9 aromatic carbocycles. The van der Waals surface area contributed by atoms with Gasteiger partial charge in [-0.1, -0.05) is 133 Å². The number of rotatable bonds is 7. The predicted molar refractivity (Wildman–Crippen MR) is 251 cm³/mol. The van der Waals surface area contributed by atoms with E-state index in [0.29, 0.717) is 5.89 Å². The van der Waals surface area contributed by atoms with Crippen LogP contribution in [-0.4, -0.2) is 4.98 Å². The van der Waals surface area contributed by atoms with Crippen LogP contribution in [0, 0.1) is 0 Å². The minimum Gasteiger partial charge on any atom is -0.456 e. The summed E-state index contributed by atoms with van der Waals surface area (Å²) in [5.74, 6) is 0.598. The maximum atomic E-state index is 6.43. The van der Waals surface area contributed by atoms with E-state index in [0.717, 1.165) is 72.4 Å². The molecule has 0 bridgehead atoms. The van der Waals surface area contributed by atoms with Crippen molar-refractivity contribution in [1.29, 1.82) is 0 Å². The number of furan rings is 1. The molecule has 5 heteroatoms. The zero-order chi connectivity index (χ0) is 39.6. The molecule has 0 aliphatic rings. The summed E-state index contributed by atoms with van der Waals surface area (Å²) in [6.45, 7) is 0. The Morgan fingerprint density at radius 1 is 0.417 bits per heavy atom. The molecule has 0 radical (unpaired) electrons. The maximum absolute atomic E-state index is 6.43. The number of thiophene rings is 1. The SMILES string of the molecule is c1ccc(-c2nc3ccc4oc5ccc(-c6ccc(N(c7ccc(-c8cccc9c8sc8ccccc89)cc7)c7ccccc7-c7ccccc7)cc6)cc5c4c3o2)cc1. The Bertz CT molecular complexity index is 3530. The van der Waals surface area contributed by atoms with Crippen LogP contribution in [0.5, 0.6) is 0 Å². The third kappa shape index (κ3) is 5.70. The summed E-state index contributed by atoms with van der Waals surface area (Å²) >= 11 is 1.87. The van der Waals surface area contributed by atoms with Gasteiger partial charge in [-0.2, -0.15) is 0 Å². The summed E-state index contributed by atoms with van der Waals surface area (Å²) in [7, 11) is 0. The summed E-state index contributed by atoms with van der Waals surface area (Å²) in [6.07, 6.45) is 0. The first-order valence-corrected chi connectivity index (χ1v) is 20.9. The fourth-order valence-electron chi connectivity index (χ4n) is 8.66. The number of hydrogen-bond donors (Lipinski definition) is 0. The van der Waals surface area contributed by atoms with Gasteiger partial charge in [-0.3, -0.25) is 0 Å². The van der Waals surface area contributed by atoms with Gasteiger partial charge >= 0.3 is 0 Å². The molecule has 3 heterocycles. The highest BCUT2D eigenvalue weighted by Crippen LogP contribution is 2.44. The van der Waals surface area contributed by atoms with E-state index in [1.54, 1.807) is 0 Å². The molecule has 0 unspecified atom stereocenters. The average molecular weight is 787 g/mol. The Labute approximate surface area is 349 Å². The van der Waals surface area contributed by atoms with Gasteiger partial charge in [0.2, 0.25) is 5.89 Å². The van der Waals surface area contributed by atoms with E-state index in [4.69, 9.17) is 13.8 Å². The molecule has 0 N–H and O–H groups in total. The molecule has 0 amide bonds. The lowest BCUT2D eigenvalue weighted by molar-refractivity contribution is 0.622. The van der Waals surface area contributed by atoms with Gasteiger partial charge in [0.1, 0.15) is 16.7 Å². The van der Waals surface area contributed by atoms with Gasteiger partial charge < -0.3 is 13.7 Å². The first-order chi connectivity index (χ1) is 29.7. The van der Waals surface area contributed by atoms with Crippen LogP contribution < -0.4 is 4.90 Å². The van der Waals surface area contributed by atoms with Gasteiger partial charge in [0.05, 0.1) is 11.1 Å². The van der Waals surface area contributed by atoms with Gasteiger partial charge in [-0.15, -0.1) is 11.3 Å². The standard InChI is InChI=1S/C55H34N2O2S/c1-3-12-36(13-4-1)42-16-7-9-20-48(42)57(41-29-24-37(25-30-41)43-18-11-19-45-44-17-8-10-21-51(44)60-54(43)45)40-27-22-35(23-28-40)39-26-32-49-46(34-39)52-50(58-49)33-31-47-53(52)59-55(56-47)38-14-5-2-6-15-38/h1-34H. The Kier molecular flexibility index (Phi) is 8.00. The summed E-state index contributed by atoms with van der Waals surface area (Å²) < 4.78 is 15.4. The normalized spacial score (nSPS) is 11.7. The smallest absolute Gasteiger partial charge is 0.227 e. The van der Waals surface area contributed by atoms with Crippen molar-refractivity contribution in [1.82, 2.24) is 4.98 Å². The number of para-hydroxylation sites is 1. The van der Waals surface area contributed by atoms with Crippen LogP contribution in [0.4, 0.5) is 17.1 Å². The van der Waals surface area contributed by atoms with E-state index in [9.17, 15) is 0 Å². The average Bonchev–Trinajstić information content (AvgIpc) is 4.04. The summed E-state index contributed by atoms with van der Waals surface area (Å²) in [4.78, 5) is 7.20. The summed E-state index contributed by atoms with van der Waals surface area (Å²) in [5.41, 5.74) is 14.3. The topological polar surface area (TPSA) is 42.4 Å². The van der Waals surface area contributed by atoms with Crippen molar-refractivity contribution in [3.8, 4) is 44.8 Å². The number of hydrogen-bond acceptors (Lipinski definition) is 5. The van der Waals surface area contributed by atoms with E-state index in [2.05, 4.69) is 169 Å². The Balaban J connectivity index is 0.952. The number of fused-ring (bicyclic) bond motifs is 8. The van der Waals surface area contributed by atoms with Gasteiger partial charge in [-0.25, -0.2) is 4.98 Å². The molecule has 3 aromatic heterocycles. The maximum Gasteiger partial charge on any atom is 0.227 e. The molecule has 0 aliphatic heterocycles. The molecule has 0 saturated heterocycles. The van der Waals surface area contributed by atoms with Crippen molar-refractivity contribution >= 4 is 81.6 Å². The van der Waals surface area contributed by atoms with E-state index in [1.165, 1.54) is 36.9 Å². The van der Waals surface area contributed by atoms with Crippen LogP contribution in [0.2, 0.25) is 0 Å². The highest BCUT2D eigenvalue weighted by molar-refractivity contribution is 7.26. The summed E-state index contributed by atoms with van der Waals surface area (Å²) in [6, 6.07) is 72.9. The second-order valence-corrected chi connectivity index (χ2v) is 16.1. The van der Waals surface area contributed by atoms with E-state index < -0.39 is 0 Å². The fraction of sp³-hybridized carbons (Fsp3) is 0. The number of benzene rings is 9. The fourth-order valence-corrected chi connectivity index (χ4v) is 9.89. The first kappa shape index (κ1) is 34.3. The van der Waals surface area contributed by atoms with Crippen molar-refractivity contribution in [3.63, 3.8) is 0 Å². The number of nitrogens with zero attached hydrogens (tertiary/aromatic N) is 2. The van der Waals surface area contributed by atoms with Gasteiger partial charge in [0.15, 0.2) is 5.58 Å². The van der Waals surface area contributed by atoms with Gasteiger partial charge in [-0.05, 0) is 101 Å². The van der Waals surface area contributed by atoms with Gasteiger partial charge in [0, 0.05) is 48.1 Å². The third-order valence-corrected chi connectivity index (χ3v) is 12.8. The lowest BCUT2D eigenvalue weighted by atomic mass is 9.99. The Morgan fingerprint density at radius 3 is 1.83 bits per heavy atom. The molecule has 12 aromatic rings. The Morgan fingerprint density at radius 2 is 1.03 bits per heavy atom. The van der Waals surface area contributed by atoms with E-state index >= 15 is 0 Å². The number of aromatic nitrogens is 1. The summed E-state index contributed by atoms with van der Waals surface area (Å²) in [5, 5.41) is 4.55. The largest absolute Gasteiger partial charge is 0.456 e.